The van der Waals surface area contributed by atoms with Crippen molar-refractivity contribution < 1.29 is 9.53 Å². The van der Waals surface area contributed by atoms with E-state index in [1.54, 1.807) is 6.92 Å². The minimum Gasteiger partial charge on any atom is -0.481 e. The molecule has 136 valence electrons. The monoisotopic (exact) mass is 354 g/mol. The fraction of sp³-hybridized carbons (Fsp3) is 0.632. The van der Waals surface area contributed by atoms with E-state index in [0.29, 0.717) is 0 Å². The van der Waals surface area contributed by atoms with Gasteiger partial charge in [0.05, 0.1) is 0 Å². The molecule has 0 heterocycles. The molecule has 1 unspecified atom stereocenters. The van der Waals surface area contributed by atoms with Crippen LogP contribution in [-0.2, 0) is 10.2 Å². The molecule has 1 aliphatic carbocycles. The third-order valence-electron chi connectivity index (χ3n) is 4.50. The van der Waals surface area contributed by atoms with Crippen LogP contribution in [0.5, 0.6) is 5.75 Å². The summed E-state index contributed by atoms with van der Waals surface area (Å²) in [6, 6.07) is 8.50. The van der Waals surface area contributed by atoms with E-state index >= 15 is 0 Å². The molecule has 0 bridgehead atoms. The quantitative estimate of drug-likeness (QED) is 0.868. The minimum absolute atomic E-state index is 0. The molecule has 1 saturated carbocycles. The van der Waals surface area contributed by atoms with Gasteiger partial charge >= 0.3 is 0 Å². The van der Waals surface area contributed by atoms with Gasteiger partial charge in [-0.05, 0) is 55.7 Å². The number of rotatable bonds is 4. The van der Waals surface area contributed by atoms with Crippen molar-refractivity contribution in [3.63, 3.8) is 0 Å². The highest BCUT2D eigenvalue weighted by atomic mass is 35.5. The first-order valence-electron chi connectivity index (χ1n) is 8.59. The lowest BCUT2D eigenvalue weighted by molar-refractivity contribution is -0.128. The highest BCUT2D eigenvalue weighted by Gasteiger charge is 2.23. The van der Waals surface area contributed by atoms with Gasteiger partial charge in [0.1, 0.15) is 5.75 Å². The zero-order chi connectivity index (χ0) is 17.0. The zero-order valence-corrected chi connectivity index (χ0v) is 16.0. The van der Waals surface area contributed by atoms with Gasteiger partial charge in [-0.3, -0.25) is 4.79 Å². The number of hydrogen-bond donors (Lipinski definition) is 2. The molecule has 0 aromatic heterocycles. The van der Waals surface area contributed by atoms with Crippen LogP contribution in [0.25, 0.3) is 0 Å². The van der Waals surface area contributed by atoms with Gasteiger partial charge in [0.15, 0.2) is 6.10 Å². The van der Waals surface area contributed by atoms with Crippen LogP contribution in [0.4, 0.5) is 0 Å². The van der Waals surface area contributed by atoms with Gasteiger partial charge in [0.2, 0.25) is 0 Å². The Hall–Kier alpha value is -1.26. The average Bonchev–Trinajstić information content (AvgIpc) is 2.49. The molecule has 1 fully saturated rings. The Morgan fingerprint density at radius 1 is 1.25 bits per heavy atom. The Morgan fingerprint density at radius 3 is 2.46 bits per heavy atom. The van der Waals surface area contributed by atoms with Crippen molar-refractivity contribution in [1.82, 2.24) is 5.32 Å². The lowest BCUT2D eigenvalue weighted by Gasteiger charge is -2.28. The topological polar surface area (TPSA) is 64.3 Å². The maximum atomic E-state index is 12.3. The molecular weight excluding hydrogens is 324 g/mol. The Kier molecular flexibility index (Phi) is 7.56. The zero-order valence-electron chi connectivity index (χ0n) is 15.2. The molecule has 24 heavy (non-hydrogen) atoms. The summed E-state index contributed by atoms with van der Waals surface area (Å²) in [6.07, 6.45) is 3.38. The molecule has 0 saturated heterocycles. The van der Waals surface area contributed by atoms with Gasteiger partial charge in [-0.2, -0.15) is 0 Å². The van der Waals surface area contributed by atoms with Gasteiger partial charge in [-0.15, -0.1) is 12.4 Å². The second kappa shape index (κ2) is 8.72. The van der Waals surface area contributed by atoms with Gasteiger partial charge in [-0.1, -0.05) is 32.9 Å². The van der Waals surface area contributed by atoms with Gasteiger partial charge < -0.3 is 15.8 Å². The number of carbonyl (C=O) groups excluding carboxylic acids is 1. The first-order chi connectivity index (χ1) is 10.8. The Morgan fingerprint density at radius 2 is 1.88 bits per heavy atom. The van der Waals surface area contributed by atoms with Crippen LogP contribution in [-0.4, -0.2) is 24.1 Å². The number of ether oxygens (including phenoxy) is 1. The predicted octanol–water partition coefficient (Wildman–Crippen LogP) is 3.56. The summed E-state index contributed by atoms with van der Waals surface area (Å²) >= 11 is 0. The first-order valence-corrected chi connectivity index (χ1v) is 8.59. The molecule has 1 aromatic rings. The van der Waals surface area contributed by atoms with E-state index in [9.17, 15) is 4.79 Å². The lowest BCUT2D eigenvalue weighted by atomic mass is 9.87. The normalized spacial score (nSPS) is 22.2. The van der Waals surface area contributed by atoms with E-state index in [-0.39, 0.29) is 35.8 Å². The Balaban J connectivity index is 0.00000288. The molecule has 3 N–H and O–H groups in total. The molecule has 0 spiro atoms. The number of amides is 1. The molecule has 1 aliphatic rings. The summed E-state index contributed by atoms with van der Waals surface area (Å²) in [5.74, 6) is 0.692. The van der Waals surface area contributed by atoms with Crippen LogP contribution < -0.4 is 15.8 Å². The Bertz CT molecular complexity index is 534. The number of nitrogens with one attached hydrogen (secondary N) is 1. The van der Waals surface area contributed by atoms with Gasteiger partial charge in [0, 0.05) is 12.1 Å². The van der Waals surface area contributed by atoms with Crippen molar-refractivity contribution in [3.05, 3.63) is 29.8 Å². The van der Waals surface area contributed by atoms with Crippen molar-refractivity contribution in [1.29, 1.82) is 0 Å². The molecule has 1 atom stereocenters. The van der Waals surface area contributed by atoms with Crippen LogP contribution in [0.1, 0.15) is 58.9 Å². The van der Waals surface area contributed by atoms with Crippen molar-refractivity contribution in [2.24, 2.45) is 5.73 Å². The van der Waals surface area contributed by atoms with E-state index < -0.39 is 6.10 Å². The minimum atomic E-state index is -0.499. The lowest BCUT2D eigenvalue weighted by Crippen LogP contribution is -2.45. The fourth-order valence-corrected chi connectivity index (χ4v) is 2.88. The number of nitrogens with two attached hydrogens (primary N) is 1. The van der Waals surface area contributed by atoms with Crippen LogP contribution in [0.2, 0.25) is 0 Å². The highest BCUT2D eigenvalue weighted by Crippen LogP contribution is 2.26. The molecular formula is C19H31ClN2O2. The molecule has 4 nitrogen and oxygen atoms in total. The maximum absolute atomic E-state index is 12.3. The Labute approximate surface area is 151 Å². The predicted molar refractivity (Wildman–Crippen MR) is 101 cm³/mol. The average molecular weight is 355 g/mol. The summed E-state index contributed by atoms with van der Waals surface area (Å²) in [4.78, 5) is 12.3. The third-order valence-corrected chi connectivity index (χ3v) is 4.50. The summed E-state index contributed by atoms with van der Waals surface area (Å²) in [5.41, 5.74) is 7.16. The molecule has 1 amide bonds. The van der Waals surface area contributed by atoms with Crippen molar-refractivity contribution in [2.75, 3.05) is 0 Å². The summed E-state index contributed by atoms with van der Waals surface area (Å²) in [5, 5.41) is 3.08. The molecule has 0 radical (unpaired) electrons. The number of carbonyl (C=O) groups is 1. The van der Waals surface area contributed by atoms with E-state index in [1.165, 1.54) is 5.56 Å². The van der Waals surface area contributed by atoms with Crippen molar-refractivity contribution in [3.8, 4) is 5.75 Å². The van der Waals surface area contributed by atoms with E-state index in [1.807, 2.05) is 18.2 Å². The number of halogens is 1. The van der Waals surface area contributed by atoms with Crippen LogP contribution in [0.15, 0.2) is 24.3 Å². The van der Waals surface area contributed by atoms with Crippen LogP contribution >= 0.6 is 12.4 Å². The standard InChI is InChI=1S/C19H30N2O2.ClH/c1-13(18(22)21-16-10-8-15(20)9-11-16)23-17-7-5-6-14(12-17)19(2,3)4;/h5-7,12-13,15-16H,8-11,20H2,1-4H3,(H,21,22);1H. The molecule has 2 rings (SSSR count). The third kappa shape index (κ3) is 5.99. The van der Waals surface area contributed by atoms with Crippen LogP contribution in [0, 0.1) is 0 Å². The summed E-state index contributed by atoms with van der Waals surface area (Å²) in [7, 11) is 0. The van der Waals surface area contributed by atoms with Gasteiger partial charge in [0.25, 0.3) is 5.91 Å². The van der Waals surface area contributed by atoms with Gasteiger partial charge in [-0.25, -0.2) is 0 Å². The van der Waals surface area contributed by atoms with Crippen molar-refractivity contribution >= 4 is 18.3 Å². The second-order valence-corrected chi connectivity index (χ2v) is 7.66. The summed E-state index contributed by atoms with van der Waals surface area (Å²) in [6.45, 7) is 8.29. The SMILES string of the molecule is CC(Oc1cccc(C(C)(C)C)c1)C(=O)NC1CCC(N)CC1.Cl. The summed E-state index contributed by atoms with van der Waals surface area (Å²) < 4.78 is 5.84. The maximum Gasteiger partial charge on any atom is 0.260 e. The van der Waals surface area contributed by atoms with E-state index in [0.717, 1.165) is 31.4 Å². The van der Waals surface area contributed by atoms with E-state index in [2.05, 4.69) is 32.2 Å². The second-order valence-electron chi connectivity index (χ2n) is 7.66. The molecule has 0 aliphatic heterocycles. The molecule has 1 aromatic carbocycles. The highest BCUT2D eigenvalue weighted by molar-refractivity contribution is 5.85. The van der Waals surface area contributed by atoms with E-state index in [4.69, 9.17) is 10.5 Å². The number of benzene rings is 1. The van der Waals surface area contributed by atoms with Crippen LogP contribution in [0.3, 0.4) is 0 Å². The van der Waals surface area contributed by atoms with Crippen molar-refractivity contribution in [2.45, 2.75) is 77.0 Å². The first kappa shape index (κ1) is 20.8. The largest absolute Gasteiger partial charge is 0.481 e. The smallest absolute Gasteiger partial charge is 0.260 e. The number of hydrogen-bond acceptors (Lipinski definition) is 3. The molecule has 5 heteroatoms. The fourth-order valence-electron chi connectivity index (χ4n) is 2.88.